The van der Waals surface area contributed by atoms with Crippen LogP contribution in [0.1, 0.15) is 12.8 Å². The zero-order valence-corrected chi connectivity index (χ0v) is 17.3. The molecule has 10 heteroatoms. The van der Waals surface area contributed by atoms with E-state index in [1.807, 2.05) is 12.1 Å². The van der Waals surface area contributed by atoms with Crippen LogP contribution in [0.4, 0.5) is 16.6 Å². The number of piperidine rings is 1. The molecule has 4 rings (SSSR count). The number of aromatic nitrogens is 2. The number of likely N-dealkylation sites (tertiary alicyclic amines) is 1. The fourth-order valence-corrected chi connectivity index (χ4v) is 3.92. The highest BCUT2D eigenvalue weighted by Gasteiger charge is 2.24. The maximum atomic E-state index is 11.1. The van der Waals surface area contributed by atoms with Gasteiger partial charge in [-0.25, -0.2) is 9.78 Å². The molecule has 2 aliphatic heterocycles. The maximum absolute atomic E-state index is 11.1. The van der Waals surface area contributed by atoms with Crippen LogP contribution in [0.15, 0.2) is 12.1 Å². The van der Waals surface area contributed by atoms with Crippen LogP contribution in [0.5, 0.6) is 11.5 Å². The molecule has 162 valence electrons. The van der Waals surface area contributed by atoms with Crippen LogP contribution < -0.4 is 19.7 Å². The molecule has 0 atom stereocenters. The lowest BCUT2D eigenvalue weighted by Crippen LogP contribution is -2.42. The molecule has 10 nitrogen and oxygen atoms in total. The van der Waals surface area contributed by atoms with Gasteiger partial charge in [0.15, 0.2) is 11.5 Å². The highest BCUT2D eigenvalue weighted by atomic mass is 16.5. The lowest BCUT2D eigenvalue weighted by molar-refractivity contribution is 0.122. The van der Waals surface area contributed by atoms with E-state index in [0.29, 0.717) is 56.6 Å². The molecule has 0 unspecified atom stereocenters. The highest BCUT2D eigenvalue weighted by Crippen LogP contribution is 2.36. The Morgan fingerprint density at radius 2 is 1.77 bits per heavy atom. The van der Waals surface area contributed by atoms with Crippen LogP contribution in [0, 0.1) is 0 Å². The van der Waals surface area contributed by atoms with E-state index in [9.17, 15) is 4.79 Å². The second-order valence-corrected chi connectivity index (χ2v) is 7.38. The minimum atomic E-state index is -0.869. The van der Waals surface area contributed by atoms with Crippen molar-refractivity contribution in [2.75, 3.05) is 63.8 Å². The van der Waals surface area contributed by atoms with Gasteiger partial charge in [0.2, 0.25) is 5.95 Å². The molecular formula is C20H27N5O5. The number of carboxylic acid groups (broad SMARTS) is 1. The van der Waals surface area contributed by atoms with Crippen LogP contribution >= 0.6 is 0 Å². The number of fused-ring (bicyclic) bond motifs is 1. The molecule has 2 saturated heterocycles. The lowest BCUT2D eigenvalue weighted by atomic mass is 10.1. The third-order valence-electron chi connectivity index (χ3n) is 5.59. The Bertz CT molecular complexity index is 910. The van der Waals surface area contributed by atoms with E-state index in [1.165, 1.54) is 4.90 Å². The fourth-order valence-electron chi connectivity index (χ4n) is 3.92. The summed E-state index contributed by atoms with van der Waals surface area (Å²) in [7, 11) is 3.21. The number of methoxy groups -OCH3 is 2. The molecule has 1 aromatic heterocycles. The van der Waals surface area contributed by atoms with E-state index < -0.39 is 6.09 Å². The van der Waals surface area contributed by atoms with Gasteiger partial charge in [-0.1, -0.05) is 0 Å². The first-order valence-electron chi connectivity index (χ1n) is 10.1. The number of nitrogens with one attached hydrogen (secondary N) is 1. The van der Waals surface area contributed by atoms with Crippen molar-refractivity contribution in [3.63, 3.8) is 0 Å². The van der Waals surface area contributed by atoms with Crippen LogP contribution in [0.25, 0.3) is 10.9 Å². The molecule has 0 aliphatic carbocycles. The topological polar surface area (TPSA) is 109 Å². The average Bonchev–Trinajstić information content (AvgIpc) is 2.78. The van der Waals surface area contributed by atoms with Gasteiger partial charge in [0.05, 0.1) is 33.0 Å². The zero-order valence-electron chi connectivity index (χ0n) is 17.3. The van der Waals surface area contributed by atoms with E-state index in [4.69, 9.17) is 29.3 Å². The Morgan fingerprint density at radius 3 is 2.40 bits per heavy atom. The van der Waals surface area contributed by atoms with Gasteiger partial charge in [0.25, 0.3) is 0 Å². The Balaban J connectivity index is 1.67. The van der Waals surface area contributed by atoms with Crippen molar-refractivity contribution >= 4 is 28.8 Å². The average molecular weight is 417 g/mol. The van der Waals surface area contributed by atoms with Crippen molar-refractivity contribution in [1.29, 1.82) is 0 Å². The van der Waals surface area contributed by atoms with Crippen LogP contribution in [0.2, 0.25) is 0 Å². The molecule has 3 heterocycles. The number of anilines is 2. The predicted molar refractivity (Wildman–Crippen MR) is 112 cm³/mol. The first-order valence-corrected chi connectivity index (χ1v) is 10.1. The van der Waals surface area contributed by atoms with Gasteiger partial charge < -0.3 is 34.4 Å². The molecule has 0 radical (unpaired) electrons. The van der Waals surface area contributed by atoms with Gasteiger partial charge >= 0.3 is 6.09 Å². The molecule has 1 amide bonds. The van der Waals surface area contributed by atoms with Gasteiger partial charge in [0, 0.05) is 43.7 Å². The number of ether oxygens (including phenoxy) is 3. The number of nitrogens with zero attached hydrogens (tertiary/aromatic N) is 4. The predicted octanol–water partition coefficient (Wildman–Crippen LogP) is 2.04. The van der Waals surface area contributed by atoms with Crippen molar-refractivity contribution < 1.29 is 24.1 Å². The lowest BCUT2D eigenvalue weighted by Gasteiger charge is -2.31. The van der Waals surface area contributed by atoms with Gasteiger partial charge in [-0.05, 0) is 18.9 Å². The van der Waals surface area contributed by atoms with Crippen molar-refractivity contribution in [2.24, 2.45) is 0 Å². The number of hydrogen-bond donors (Lipinski definition) is 2. The molecule has 2 aliphatic rings. The summed E-state index contributed by atoms with van der Waals surface area (Å²) in [5.41, 5.74) is 0.759. The number of hydrogen-bond acceptors (Lipinski definition) is 8. The minimum Gasteiger partial charge on any atom is -0.493 e. The molecule has 2 fully saturated rings. The Hall–Kier alpha value is -3.01. The third-order valence-corrected chi connectivity index (χ3v) is 5.59. The Labute approximate surface area is 174 Å². The van der Waals surface area contributed by atoms with Gasteiger partial charge in [-0.15, -0.1) is 0 Å². The van der Waals surface area contributed by atoms with E-state index in [-0.39, 0.29) is 6.04 Å². The van der Waals surface area contributed by atoms with Crippen molar-refractivity contribution in [1.82, 2.24) is 14.9 Å². The van der Waals surface area contributed by atoms with E-state index >= 15 is 0 Å². The smallest absolute Gasteiger partial charge is 0.407 e. The van der Waals surface area contributed by atoms with Crippen LogP contribution in [0.3, 0.4) is 0 Å². The number of morpholine rings is 1. The molecule has 2 aromatic rings. The summed E-state index contributed by atoms with van der Waals surface area (Å²) in [6.07, 6.45) is 0.560. The van der Waals surface area contributed by atoms with Crippen molar-refractivity contribution in [3.8, 4) is 11.5 Å². The first-order chi connectivity index (χ1) is 14.6. The summed E-state index contributed by atoms with van der Waals surface area (Å²) >= 11 is 0. The molecule has 0 spiro atoms. The molecule has 2 N–H and O–H groups in total. The van der Waals surface area contributed by atoms with Crippen LogP contribution in [-0.4, -0.2) is 85.7 Å². The second-order valence-electron chi connectivity index (χ2n) is 7.38. The quantitative estimate of drug-likeness (QED) is 0.755. The summed E-state index contributed by atoms with van der Waals surface area (Å²) in [6.45, 7) is 3.79. The molecule has 0 bridgehead atoms. The standard InChI is InChI=1S/C20H27N5O5/c1-28-16-11-14-15(12-17(16)29-2)22-19(23-18(14)24-7-9-30-10-8-24)21-13-3-5-25(6-4-13)20(26)27/h11-13H,3-10H2,1-2H3,(H,26,27)(H,21,22,23). The zero-order chi connectivity index (χ0) is 21.1. The Morgan fingerprint density at radius 1 is 1.10 bits per heavy atom. The first kappa shape index (κ1) is 20.3. The van der Waals surface area contributed by atoms with Crippen molar-refractivity contribution in [2.45, 2.75) is 18.9 Å². The van der Waals surface area contributed by atoms with Crippen LogP contribution in [-0.2, 0) is 4.74 Å². The number of rotatable bonds is 5. The largest absolute Gasteiger partial charge is 0.493 e. The fraction of sp³-hybridized carbons (Fsp3) is 0.550. The summed E-state index contributed by atoms with van der Waals surface area (Å²) < 4.78 is 16.4. The summed E-state index contributed by atoms with van der Waals surface area (Å²) in [6, 6.07) is 3.89. The summed E-state index contributed by atoms with van der Waals surface area (Å²) in [5, 5.41) is 13.4. The molecule has 0 saturated carbocycles. The Kier molecular flexibility index (Phi) is 5.93. The molecule has 1 aromatic carbocycles. The highest BCUT2D eigenvalue weighted by molar-refractivity contribution is 5.93. The van der Waals surface area contributed by atoms with Gasteiger partial charge in [0.1, 0.15) is 5.82 Å². The number of amides is 1. The maximum Gasteiger partial charge on any atom is 0.407 e. The van der Waals surface area contributed by atoms with Gasteiger partial charge in [-0.3, -0.25) is 0 Å². The second kappa shape index (κ2) is 8.78. The van der Waals surface area contributed by atoms with Crippen molar-refractivity contribution in [3.05, 3.63) is 12.1 Å². The van der Waals surface area contributed by atoms with E-state index in [2.05, 4.69) is 10.2 Å². The number of benzene rings is 1. The number of carbonyl (C=O) groups is 1. The SMILES string of the molecule is COc1cc2nc(NC3CCN(C(=O)O)CC3)nc(N3CCOCC3)c2cc1OC. The monoisotopic (exact) mass is 417 g/mol. The summed E-state index contributed by atoms with van der Waals surface area (Å²) in [5.74, 6) is 2.60. The van der Waals surface area contributed by atoms with E-state index in [1.54, 1.807) is 14.2 Å². The van der Waals surface area contributed by atoms with Gasteiger partial charge in [-0.2, -0.15) is 4.98 Å². The molecule has 30 heavy (non-hydrogen) atoms. The normalized spacial score (nSPS) is 17.8. The summed E-state index contributed by atoms with van der Waals surface area (Å²) in [4.78, 5) is 24.3. The molecular weight excluding hydrogens is 390 g/mol. The van der Waals surface area contributed by atoms with E-state index in [0.717, 1.165) is 29.8 Å². The minimum absolute atomic E-state index is 0.121. The third kappa shape index (κ3) is 4.13.